The molecule has 12 heteroatoms. The second kappa shape index (κ2) is 7.41. The van der Waals surface area contributed by atoms with E-state index in [0.717, 1.165) is 0 Å². The zero-order chi connectivity index (χ0) is 18.2. The summed E-state index contributed by atoms with van der Waals surface area (Å²) in [7, 11) is 0. The van der Waals surface area contributed by atoms with Gasteiger partial charge in [-0.3, -0.25) is 0 Å². The van der Waals surface area contributed by atoms with Crippen LogP contribution in [0.25, 0.3) is 0 Å². The minimum Gasteiger partial charge on any atom is -0.394 e. The average molecular weight is 358 g/mol. The van der Waals surface area contributed by atoms with Crippen molar-refractivity contribution in [3.63, 3.8) is 0 Å². The molecule has 0 aromatic heterocycles. The van der Waals surface area contributed by atoms with Gasteiger partial charge >= 0.3 is 5.97 Å². The molecular weight excluding hydrogens is 336 g/mol. The maximum absolute atomic E-state index is 10.3. The minimum atomic E-state index is -3.00. The van der Waals surface area contributed by atoms with Crippen LogP contribution in [0, 0.1) is 0 Å². The van der Waals surface area contributed by atoms with Gasteiger partial charge in [-0.15, -0.1) is 0 Å². The lowest BCUT2D eigenvalue weighted by molar-refractivity contribution is -0.473. The summed E-state index contributed by atoms with van der Waals surface area (Å²) in [5, 5.41) is 86.8. The van der Waals surface area contributed by atoms with Crippen molar-refractivity contribution < 1.29 is 60.2 Å². The van der Waals surface area contributed by atoms with E-state index < -0.39 is 74.3 Å². The van der Waals surface area contributed by atoms with Gasteiger partial charge in [-0.05, 0) is 0 Å². The van der Waals surface area contributed by atoms with E-state index in [1.165, 1.54) is 0 Å². The highest BCUT2D eigenvalue weighted by Crippen LogP contribution is 2.33. The van der Waals surface area contributed by atoms with Crippen molar-refractivity contribution in [2.24, 2.45) is 0 Å². The fraction of sp³-hybridized carbons (Fsp3) is 1.00. The van der Waals surface area contributed by atoms with Crippen LogP contribution >= 0.6 is 0 Å². The van der Waals surface area contributed by atoms with Gasteiger partial charge in [0, 0.05) is 0 Å². The van der Waals surface area contributed by atoms with Crippen molar-refractivity contribution in [1.29, 1.82) is 0 Å². The number of hydrogen-bond acceptors (Lipinski definition) is 12. The normalized spacial score (nSPS) is 53.1. The summed E-state index contributed by atoms with van der Waals surface area (Å²) in [6.07, 6.45) is -16.1. The highest BCUT2D eigenvalue weighted by atomic mass is 16.8. The number of rotatable bonds is 4. The predicted molar refractivity (Wildman–Crippen MR) is 69.8 cm³/mol. The molecular formula is C12H22O12. The van der Waals surface area contributed by atoms with E-state index in [2.05, 4.69) is 0 Å². The highest BCUT2D eigenvalue weighted by molar-refractivity contribution is 4.95. The van der Waals surface area contributed by atoms with Gasteiger partial charge in [0.1, 0.15) is 42.7 Å². The Balaban J connectivity index is 2.22. The number of ether oxygens (including phenoxy) is 3. The maximum Gasteiger partial charge on any atom is 0.311 e. The Morgan fingerprint density at radius 3 is 1.92 bits per heavy atom. The summed E-state index contributed by atoms with van der Waals surface area (Å²) >= 11 is 0. The molecule has 0 bridgehead atoms. The first-order valence-corrected chi connectivity index (χ1v) is 7.19. The molecule has 142 valence electrons. The topological polar surface area (TPSA) is 210 Å². The summed E-state index contributed by atoms with van der Waals surface area (Å²) in [6.45, 7) is -1.64. The first-order valence-electron chi connectivity index (χ1n) is 7.19. The van der Waals surface area contributed by atoms with Crippen LogP contribution in [0.4, 0.5) is 0 Å². The molecule has 9 N–H and O–H groups in total. The quantitative estimate of drug-likeness (QED) is 0.215. The summed E-state index contributed by atoms with van der Waals surface area (Å²) in [6, 6.07) is 0. The molecule has 0 unspecified atom stereocenters. The van der Waals surface area contributed by atoms with Crippen LogP contribution in [-0.4, -0.2) is 120 Å². The minimum absolute atomic E-state index is 0.799. The zero-order valence-corrected chi connectivity index (χ0v) is 12.4. The van der Waals surface area contributed by atoms with Crippen LogP contribution < -0.4 is 0 Å². The van der Waals surface area contributed by atoms with Crippen LogP contribution in [0.1, 0.15) is 0 Å². The van der Waals surface area contributed by atoms with E-state index in [1.807, 2.05) is 0 Å². The predicted octanol–water partition coefficient (Wildman–Crippen LogP) is -6.08. The van der Waals surface area contributed by atoms with E-state index in [-0.39, 0.29) is 0 Å². The zero-order valence-electron chi connectivity index (χ0n) is 12.4. The summed E-state index contributed by atoms with van der Waals surface area (Å²) in [5.41, 5.74) is 0. The molecule has 2 aliphatic rings. The Labute approximate surface area is 135 Å². The molecule has 2 rings (SSSR count). The van der Waals surface area contributed by atoms with Gasteiger partial charge in [0.25, 0.3) is 0 Å². The number of hydrogen-bond donors (Lipinski definition) is 9. The van der Waals surface area contributed by atoms with Crippen molar-refractivity contribution >= 4 is 0 Å². The van der Waals surface area contributed by atoms with Crippen molar-refractivity contribution in [3.05, 3.63) is 0 Å². The Morgan fingerprint density at radius 1 is 0.792 bits per heavy atom. The molecule has 10 atom stereocenters. The standard InChI is InChI=1S/C12H22O12/c13-1-3-5(15)7(17)10(19)12(21,23-3)24-9-4(2-14)22-11(20)8(18)6(9)16/h3-11,13-21H,1-2H2/t3-,4-,5+,6-,7+,8-,9-,10-,11+,12+/m1/s1. The SMILES string of the molecule is OC[C@H]1O[C@](O)(O[C@H]2[C@H](O)[C@@H](O)[C@@H](O)O[C@@H]2CO)[C@H](O)[C@@H](O)[C@H]1O. The van der Waals surface area contributed by atoms with Crippen molar-refractivity contribution in [2.45, 2.75) is 61.1 Å². The molecule has 0 aromatic carbocycles. The Kier molecular flexibility index (Phi) is 6.12. The first kappa shape index (κ1) is 19.8. The van der Waals surface area contributed by atoms with Gasteiger partial charge in [-0.1, -0.05) is 0 Å². The van der Waals surface area contributed by atoms with Crippen LogP contribution in [0.3, 0.4) is 0 Å². The molecule has 12 nitrogen and oxygen atoms in total. The van der Waals surface area contributed by atoms with E-state index in [0.29, 0.717) is 0 Å². The van der Waals surface area contributed by atoms with Crippen LogP contribution in [-0.2, 0) is 14.2 Å². The van der Waals surface area contributed by atoms with E-state index in [9.17, 15) is 40.9 Å². The maximum atomic E-state index is 10.3. The number of aliphatic hydroxyl groups excluding tert-OH is 8. The van der Waals surface area contributed by atoms with E-state index in [1.54, 1.807) is 0 Å². The van der Waals surface area contributed by atoms with Gasteiger partial charge in [0.2, 0.25) is 0 Å². The third-order valence-corrected chi connectivity index (χ3v) is 4.07. The van der Waals surface area contributed by atoms with Gasteiger partial charge in [-0.25, -0.2) is 0 Å². The summed E-state index contributed by atoms with van der Waals surface area (Å²) in [4.78, 5) is 0. The third kappa shape index (κ3) is 3.41. The molecule has 0 aliphatic carbocycles. The monoisotopic (exact) mass is 358 g/mol. The van der Waals surface area contributed by atoms with Crippen LogP contribution in [0.2, 0.25) is 0 Å². The van der Waals surface area contributed by atoms with Gasteiger partial charge in [-0.2, -0.15) is 0 Å². The molecule has 0 spiro atoms. The van der Waals surface area contributed by atoms with Gasteiger partial charge in [0.05, 0.1) is 13.2 Å². The largest absolute Gasteiger partial charge is 0.394 e. The van der Waals surface area contributed by atoms with E-state index >= 15 is 0 Å². The smallest absolute Gasteiger partial charge is 0.311 e. The second-order valence-electron chi connectivity index (χ2n) is 5.71. The molecule has 2 aliphatic heterocycles. The average Bonchev–Trinajstić information content (AvgIpc) is 2.57. The van der Waals surface area contributed by atoms with Crippen molar-refractivity contribution in [2.75, 3.05) is 13.2 Å². The van der Waals surface area contributed by atoms with Crippen LogP contribution in [0.5, 0.6) is 0 Å². The van der Waals surface area contributed by atoms with Crippen molar-refractivity contribution in [3.8, 4) is 0 Å². The highest BCUT2D eigenvalue weighted by Gasteiger charge is 2.57. The Morgan fingerprint density at radius 2 is 1.38 bits per heavy atom. The molecule has 0 saturated carbocycles. The lowest BCUT2D eigenvalue weighted by Crippen LogP contribution is -2.69. The summed E-state index contributed by atoms with van der Waals surface area (Å²) in [5.74, 6) is -3.00. The molecule has 2 saturated heterocycles. The van der Waals surface area contributed by atoms with E-state index in [4.69, 9.17) is 19.3 Å². The van der Waals surface area contributed by atoms with Crippen molar-refractivity contribution in [1.82, 2.24) is 0 Å². The van der Waals surface area contributed by atoms with Crippen LogP contribution in [0.15, 0.2) is 0 Å². The van der Waals surface area contributed by atoms with Gasteiger partial charge in [0.15, 0.2) is 12.4 Å². The Hall–Kier alpha value is -0.480. The van der Waals surface area contributed by atoms with Gasteiger partial charge < -0.3 is 60.2 Å². The Bertz CT molecular complexity index is 419. The fourth-order valence-corrected chi connectivity index (χ4v) is 2.63. The molecule has 2 heterocycles. The third-order valence-electron chi connectivity index (χ3n) is 4.07. The lowest BCUT2D eigenvalue weighted by atomic mass is 9.96. The molecule has 24 heavy (non-hydrogen) atoms. The summed E-state index contributed by atoms with van der Waals surface area (Å²) < 4.78 is 14.7. The fourth-order valence-electron chi connectivity index (χ4n) is 2.63. The molecule has 0 aromatic rings. The number of aliphatic hydroxyl groups is 9. The molecule has 0 radical (unpaired) electrons. The molecule has 2 fully saturated rings. The molecule has 0 amide bonds. The first-order chi connectivity index (χ1) is 11.2. The lowest BCUT2D eigenvalue weighted by Gasteiger charge is -2.48. The second-order valence-corrected chi connectivity index (χ2v) is 5.71.